The lowest BCUT2D eigenvalue weighted by atomic mass is 9.67. The molecule has 2 rings (SSSR count). The fraction of sp³-hybridized carbons (Fsp3) is 0.824. The molecule has 24 heavy (non-hydrogen) atoms. The van der Waals surface area contributed by atoms with Crippen molar-refractivity contribution in [3.8, 4) is 0 Å². The Morgan fingerprint density at radius 1 is 1.29 bits per heavy atom. The third-order valence-electron chi connectivity index (χ3n) is 4.71. The van der Waals surface area contributed by atoms with E-state index < -0.39 is 0 Å². The summed E-state index contributed by atoms with van der Waals surface area (Å²) in [4.78, 5) is 9.17. The SMILES string of the molecule is CCNC(=NCC1(CC)CCC1)NCCc1nc(C(C)C)no1.I. The van der Waals surface area contributed by atoms with E-state index in [1.807, 2.05) is 0 Å². The van der Waals surface area contributed by atoms with Gasteiger partial charge < -0.3 is 15.2 Å². The molecule has 1 aromatic rings. The van der Waals surface area contributed by atoms with Crippen molar-refractivity contribution in [3.05, 3.63) is 11.7 Å². The highest BCUT2D eigenvalue weighted by Gasteiger charge is 2.34. The van der Waals surface area contributed by atoms with Crippen LogP contribution >= 0.6 is 24.0 Å². The van der Waals surface area contributed by atoms with E-state index in [4.69, 9.17) is 9.52 Å². The molecule has 0 spiro atoms. The van der Waals surface area contributed by atoms with Gasteiger partial charge in [-0.3, -0.25) is 4.99 Å². The van der Waals surface area contributed by atoms with Crippen molar-refractivity contribution in [2.24, 2.45) is 10.4 Å². The zero-order chi connectivity index (χ0) is 16.7. The van der Waals surface area contributed by atoms with Gasteiger partial charge in [-0.2, -0.15) is 4.98 Å². The second-order valence-corrected chi connectivity index (χ2v) is 6.78. The molecule has 0 radical (unpaired) electrons. The Labute approximate surface area is 162 Å². The van der Waals surface area contributed by atoms with Crippen LogP contribution in [0.3, 0.4) is 0 Å². The maximum absolute atomic E-state index is 5.26. The molecule has 2 N–H and O–H groups in total. The smallest absolute Gasteiger partial charge is 0.228 e. The van der Waals surface area contributed by atoms with Crippen LogP contribution in [0.2, 0.25) is 0 Å². The maximum atomic E-state index is 5.26. The van der Waals surface area contributed by atoms with Crippen molar-refractivity contribution in [1.82, 2.24) is 20.8 Å². The van der Waals surface area contributed by atoms with Crippen LogP contribution in [0.5, 0.6) is 0 Å². The van der Waals surface area contributed by atoms with Crippen molar-refractivity contribution >= 4 is 29.9 Å². The van der Waals surface area contributed by atoms with E-state index in [0.717, 1.165) is 31.4 Å². The summed E-state index contributed by atoms with van der Waals surface area (Å²) < 4.78 is 5.26. The third kappa shape index (κ3) is 5.89. The zero-order valence-electron chi connectivity index (χ0n) is 15.4. The standard InChI is InChI=1S/C17H31N5O.HI/c1-5-17(9-7-10-17)12-20-16(18-6-2)19-11-8-14-21-15(13(3)4)22-23-14;/h13H,5-12H2,1-4H3,(H2,18,19,20);1H. The largest absolute Gasteiger partial charge is 0.357 e. The van der Waals surface area contributed by atoms with Gasteiger partial charge in [0.15, 0.2) is 11.8 Å². The normalized spacial score (nSPS) is 16.5. The highest BCUT2D eigenvalue weighted by Crippen LogP contribution is 2.43. The lowest BCUT2D eigenvalue weighted by molar-refractivity contribution is 0.139. The average Bonchev–Trinajstić information content (AvgIpc) is 2.95. The van der Waals surface area contributed by atoms with E-state index in [0.29, 0.717) is 23.6 Å². The number of nitrogens with one attached hydrogen (secondary N) is 2. The third-order valence-corrected chi connectivity index (χ3v) is 4.71. The topological polar surface area (TPSA) is 75.3 Å². The summed E-state index contributed by atoms with van der Waals surface area (Å²) in [6.07, 6.45) is 5.90. The number of halogens is 1. The first-order chi connectivity index (χ1) is 11.1. The lowest BCUT2D eigenvalue weighted by Gasteiger charge is -2.40. The van der Waals surface area contributed by atoms with Gasteiger partial charge >= 0.3 is 0 Å². The molecule has 6 nitrogen and oxygen atoms in total. The maximum Gasteiger partial charge on any atom is 0.228 e. The van der Waals surface area contributed by atoms with E-state index in [9.17, 15) is 0 Å². The lowest BCUT2D eigenvalue weighted by Crippen LogP contribution is -2.40. The van der Waals surface area contributed by atoms with Gasteiger partial charge in [-0.05, 0) is 31.6 Å². The van der Waals surface area contributed by atoms with Crippen LogP contribution in [-0.2, 0) is 6.42 Å². The summed E-state index contributed by atoms with van der Waals surface area (Å²) in [5.41, 5.74) is 0.445. The summed E-state index contributed by atoms with van der Waals surface area (Å²) in [6, 6.07) is 0. The number of hydrogen-bond donors (Lipinski definition) is 2. The van der Waals surface area contributed by atoms with Gasteiger partial charge in [-0.1, -0.05) is 32.3 Å². The number of aromatic nitrogens is 2. The van der Waals surface area contributed by atoms with Crippen LogP contribution in [0.25, 0.3) is 0 Å². The second-order valence-electron chi connectivity index (χ2n) is 6.78. The van der Waals surface area contributed by atoms with Gasteiger partial charge in [0.25, 0.3) is 0 Å². The molecular formula is C17H32IN5O. The molecule has 0 saturated heterocycles. The molecule has 1 aliphatic rings. The monoisotopic (exact) mass is 449 g/mol. The molecule has 0 aromatic carbocycles. The minimum Gasteiger partial charge on any atom is -0.357 e. The van der Waals surface area contributed by atoms with E-state index >= 15 is 0 Å². The van der Waals surface area contributed by atoms with Crippen LogP contribution in [0, 0.1) is 5.41 Å². The fourth-order valence-corrected chi connectivity index (χ4v) is 2.78. The molecule has 0 amide bonds. The number of guanidine groups is 1. The van der Waals surface area contributed by atoms with Crippen molar-refractivity contribution in [3.63, 3.8) is 0 Å². The fourth-order valence-electron chi connectivity index (χ4n) is 2.78. The van der Waals surface area contributed by atoms with Crippen LogP contribution in [-0.4, -0.2) is 35.7 Å². The minimum absolute atomic E-state index is 0. The Hall–Kier alpha value is -0.860. The quantitative estimate of drug-likeness (QED) is 0.361. The van der Waals surface area contributed by atoms with Gasteiger partial charge in [0, 0.05) is 32.0 Å². The first-order valence-corrected chi connectivity index (χ1v) is 8.93. The van der Waals surface area contributed by atoms with E-state index in [-0.39, 0.29) is 24.0 Å². The first kappa shape index (κ1) is 21.2. The number of aliphatic imine (C=N–C) groups is 1. The van der Waals surface area contributed by atoms with Crippen LogP contribution in [0.4, 0.5) is 0 Å². The number of rotatable bonds is 8. The van der Waals surface area contributed by atoms with Crippen molar-refractivity contribution in [2.45, 2.75) is 65.7 Å². The van der Waals surface area contributed by atoms with Gasteiger partial charge in [0.05, 0.1) is 0 Å². The number of nitrogens with zero attached hydrogens (tertiary/aromatic N) is 3. The molecule has 138 valence electrons. The van der Waals surface area contributed by atoms with Crippen LogP contribution in [0.15, 0.2) is 9.52 Å². The molecule has 0 aliphatic heterocycles. The first-order valence-electron chi connectivity index (χ1n) is 8.93. The van der Waals surface area contributed by atoms with Crippen molar-refractivity contribution < 1.29 is 4.52 Å². The molecule has 7 heteroatoms. The molecule has 1 heterocycles. The molecule has 0 bridgehead atoms. The van der Waals surface area contributed by atoms with Gasteiger partial charge in [-0.25, -0.2) is 0 Å². The summed E-state index contributed by atoms with van der Waals surface area (Å²) in [7, 11) is 0. The van der Waals surface area contributed by atoms with Crippen molar-refractivity contribution in [2.75, 3.05) is 19.6 Å². The Bertz CT molecular complexity index is 505. The summed E-state index contributed by atoms with van der Waals surface area (Å²) in [5.74, 6) is 2.64. The molecule has 1 fully saturated rings. The Morgan fingerprint density at radius 2 is 2.04 bits per heavy atom. The molecular weight excluding hydrogens is 417 g/mol. The molecule has 1 aromatic heterocycles. The summed E-state index contributed by atoms with van der Waals surface area (Å²) >= 11 is 0. The van der Waals surface area contributed by atoms with E-state index in [2.05, 4.69) is 48.5 Å². The average molecular weight is 449 g/mol. The zero-order valence-corrected chi connectivity index (χ0v) is 17.7. The van der Waals surface area contributed by atoms with E-state index in [1.165, 1.54) is 25.7 Å². The minimum atomic E-state index is 0. The highest BCUT2D eigenvalue weighted by molar-refractivity contribution is 14.0. The van der Waals surface area contributed by atoms with Gasteiger partial charge in [0.1, 0.15) is 0 Å². The molecule has 0 unspecified atom stereocenters. The van der Waals surface area contributed by atoms with Gasteiger partial charge in [0.2, 0.25) is 5.89 Å². The van der Waals surface area contributed by atoms with Crippen molar-refractivity contribution in [1.29, 1.82) is 0 Å². The van der Waals surface area contributed by atoms with Gasteiger partial charge in [-0.15, -0.1) is 24.0 Å². The summed E-state index contributed by atoms with van der Waals surface area (Å²) in [6.45, 7) is 11.0. The predicted molar refractivity (Wildman–Crippen MR) is 108 cm³/mol. The van der Waals surface area contributed by atoms with E-state index in [1.54, 1.807) is 0 Å². The van der Waals surface area contributed by atoms with Crippen LogP contribution < -0.4 is 10.6 Å². The Balaban J connectivity index is 0.00000288. The Morgan fingerprint density at radius 3 is 2.54 bits per heavy atom. The summed E-state index contributed by atoms with van der Waals surface area (Å²) in [5, 5.41) is 10.7. The molecule has 0 atom stereocenters. The van der Waals surface area contributed by atoms with Crippen LogP contribution in [0.1, 0.15) is 71.0 Å². The number of hydrogen-bond acceptors (Lipinski definition) is 4. The molecule has 1 saturated carbocycles. The second kappa shape index (κ2) is 10.2. The Kier molecular flexibility index (Phi) is 9.01. The molecule has 1 aliphatic carbocycles. The predicted octanol–water partition coefficient (Wildman–Crippen LogP) is 3.49. The highest BCUT2D eigenvalue weighted by atomic mass is 127.